The van der Waals surface area contributed by atoms with Crippen molar-refractivity contribution in [1.82, 2.24) is 14.8 Å². The first-order chi connectivity index (χ1) is 16.3. The third-order valence-corrected chi connectivity index (χ3v) is 8.25. The number of phenolic OH excluding ortho intramolecular Hbond substituents is 1. The van der Waals surface area contributed by atoms with Crippen LogP contribution in [0.15, 0.2) is 51.6 Å². The van der Waals surface area contributed by atoms with Crippen LogP contribution in [0, 0.1) is 5.92 Å². The van der Waals surface area contributed by atoms with E-state index in [1.807, 2.05) is 0 Å². The number of aliphatic hydroxyl groups is 1. The monoisotopic (exact) mass is 587 g/mol. The second kappa shape index (κ2) is 9.15. The number of rotatable bonds is 5. The summed E-state index contributed by atoms with van der Waals surface area (Å²) in [4.78, 5) is 15.6. The van der Waals surface area contributed by atoms with Gasteiger partial charge in [-0.15, -0.1) is 0 Å². The van der Waals surface area contributed by atoms with Crippen LogP contribution in [0.3, 0.4) is 0 Å². The lowest BCUT2D eigenvalue weighted by Gasteiger charge is -2.39. The molecule has 178 valence electrons. The second-order valence-corrected chi connectivity index (χ2v) is 11.1. The third kappa shape index (κ3) is 4.11. The average Bonchev–Trinajstić information content (AvgIpc) is 3.14. The molecule has 0 fully saturated rings. The van der Waals surface area contributed by atoms with Crippen LogP contribution in [-0.2, 0) is 24.7 Å². The SMILES string of the molecule is CN1C[C@H](C(=O)NC(CO)Cc2cc(Br)c(O)c(Br)c2)C=C2c3cccc4c3c(cn4C)C[C@H]21. The third-order valence-electron chi connectivity index (χ3n) is 7.04. The molecule has 0 spiro atoms. The highest BCUT2D eigenvalue weighted by Crippen LogP contribution is 2.41. The standard InChI is InChI=1S/C26H27Br2N3O3/c1-30-11-15-10-23-19(18-4-3-5-22(30)24(15)18)9-16(12-31(23)2)26(34)29-17(13-32)6-14-7-20(27)25(33)21(28)8-14/h3-5,7-9,11,16-17,23,32-33H,6,10,12-13H2,1-2H3,(H,29,34)/t16-,17?,23-/m1/s1. The molecule has 1 aliphatic heterocycles. The number of benzene rings is 2. The van der Waals surface area contributed by atoms with Crippen LogP contribution >= 0.6 is 31.9 Å². The van der Waals surface area contributed by atoms with Crippen molar-refractivity contribution in [3.63, 3.8) is 0 Å². The van der Waals surface area contributed by atoms with Crippen LogP contribution in [0.5, 0.6) is 5.75 Å². The van der Waals surface area contributed by atoms with E-state index in [1.54, 1.807) is 12.1 Å². The molecule has 3 atom stereocenters. The van der Waals surface area contributed by atoms with Gasteiger partial charge in [0.25, 0.3) is 0 Å². The highest BCUT2D eigenvalue weighted by molar-refractivity contribution is 9.11. The number of aromatic hydroxyl groups is 1. The molecule has 0 saturated carbocycles. The Balaban J connectivity index is 1.39. The van der Waals surface area contributed by atoms with Crippen LogP contribution < -0.4 is 5.32 Å². The summed E-state index contributed by atoms with van der Waals surface area (Å²) in [6.45, 7) is 0.461. The Morgan fingerprint density at radius 2 is 1.97 bits per heavy atom. The Hall–Kier alpha value is -2.13. The summed E-state index contributed by atoms with van der Waals surface area (Å²) < 4.78 is 3.31. The maximum Gasteiger partial charge on any atom is 0.228 e. The van der Waals surface area contributed by atoms with Gasteiger partial charge in [0.15, 0.2) is 0 Å². The normalized spacial score (nSPS) is 20.7. The molecule has 8 heteroatoms. The molecule has 3 aromatic rings. The molecular formula is C26H27Br2N3O3. The topological polar surface area (TPSA) is 77.7 Å². The fourth-order valence-corrected chi connectivity index (χ4v) is 6.66. The Bertz CT molecular complexity index is 1290. The van der Waals surface area contributed by atoms with E-state index in [2.05, 4.69) is 91.2 Å². The highest BCUT2D eigenvalue weighted by Gasteiger charge is 2.36. The lowest BCUT2D eigenvalue weighted by atomic mass is 9.79. The van der Waals surface area contributed by atoms with Crippen LogP contribution in [-0.4, -0.2) is 57.9 Å². The zero-order valence-electron chi connectivity index (χ0n) is 19.1. The molecule has 2 aromatic carbocycles. The van der Waals surface area contributed by atoms with Crippen LogP contribution in [0.2, 0.25) is 0 Å². The zero-order chi connectivity index (χ0) is 24.1. The van der Waals surface area contributed by atoms with E-state index < -0.39 is 6.04 Å². The number of carbonyl (C=O) groups is 1. The van der Waals surface area contributed by atoms with Crippen LogP contribution in [0.4, 0.5) is 0 Å². The number of nitrogens with zero attached hydrogens (tertiary/aromatic N) is 2. The summed E-state index contributed by atoms with van der Waals surface area (Å²) in [5.74, 6) is -0.257. The number of carbonyl (C=O) groups excluding carboxylic acids is 1. The molecule has 2 aliphatic rings. The molecule has 1 amide bonds. The van der Waals surface area contributed by atoms with E-state index in [-0.39, 0.29) is 30.2 Å². The van der Waals surface area contributed by atoms with E-state index in [9.17, 15) is 15.0 Å². The van der Waals surface area contributed by atoms with E-state index in [1.165, 1.54) is 27.6 Å². The number of phenols is 1. The molecular weight excluding hydrogens is 562 g/mol. The van der Waals surface area contributed by atoms with Gasteiger partial charge in [0.2, 0.25) is 5.91 Å². The molecule has 6 nitrogen and oxygen atoms in total. The van der Waals surface area contributed by atoms with Gasteiger partial charge in [-0.2, -0.15) is 0 Å². The number of fused-ring (bicyclic) bond motifs is 2. The largest absolute Gasteiger partial charge is 0.506 e. The maximum absolute atomic E-state index is 13.3. The van der Waals surface area contributed by atoms with Gasteiger partial charge in [-0.3, -0.25) is 9.69 Å². The van der Waals surface area contributed by atoms with Crippen molar-refractivity contribution in [3.8, 4) is 5.75 Å². The van der Waals surface area contributed by atoms with Gasteiger partial charge in [-0.1, -0.05) is 18.2 Å². The molecule has 0 bridgehead atoms. The lowest BCUT2D eigenvalue weighted by molar-refractivity contribution is -0.125. The molecule has 2 heterocycles. The molecule has 1 aliphatic carbocycles. The summed E-state index contributed by atoms with van der Waals surface area (Å²) in [5.41, 5.74) is 5.89. The number of amides is 1. The number of halogens is 2. The first kappa shape index (κ1) is 23.6. The molecule has 5 rings (SSSR count). The van der Waals surface area contributed by atoms with Gasteiger partial charge in [0, 0.05) is 36.7 Å². The molecule has 3 N–H and O–H groups in total. The number of aryl methyl sites for hydroxylation is 1. The fourth-order valence-electron chi connectivity index (χ4n) is 5.38. The van der Waals surface area contributed by atoms with Gasteiger partial charge < -0.3 is 20.1 Å². The van der Waals surface area contributed by atoms with Crippen molar-refractivity contribution in [3.05, 3.63) is 68.2 Å². The van der Waals surface area contributed by atoms with Crippen LogP contribution in [0.1, 0.15) is 16.7 Å². The number of hydrogen-bond acceptors (Lipinski definition) is 4. The Labute approximate surface area is 215 Å². The Kier molecular flexibility index (Phi) is 6.35. The van der Waals surface area contributed by atoms with Crippen molar-refractivity contribution in [2.45, 2.75) is 24.9 Å². The van der Waals surface area contributed by atoms with Crippen molar-refractivity contribution in [2.24, 2.45) is 13.0 Å². The maximum atomic E-state index is 13.3. The summed E-state index contributed by atoms with van der Waals surface area (Å²) in [7, 11) is 4.17. The predicted octanol–water partition coefficient (Wildman–Crippen LogP) is 4.00. The zero-order valence-corrected chi connectivity index (χ0v) is 22.2. The number of likely N-dealkylation sites (N-methyl/N-ethyl adjacent to an activating group) is 1. The minimum atomic E-state index is -0.423. The highest BCUT2D eigenvalue weighted by atomic mass is 79.9. The fraction of sp³-hybridized carbons (Fsp3) is 0.346. The Morgan fingerprint density at radius 3 is 2.68 bits per heavy atom. The van der Waals surface area contributed by atoms with Gasteiger partial charge >= 0.3 is 0 Å². The van der Waals surface area contributed by atoms with Gasteiger partial charge in [0.05, 0.1) is 27.5 Å². The van der Waals surface area contributed by atoms with Crippen LogP contribution in [0.25, 0.3) is 16.5 Å². The van der Waals surface area contributed by atoms with Crippen molar-refractivity contribution < 1.29 is 15.0 Å². The number of nitrogens with one attached hydrogen (secondary N) is 1. The minimum absolute atomic E-state index is 0.0835. The van der Waals surface area contributed by atoms with Crippen molar-refractivity contribution in [1.29, 1.82) is 0 Å². The first-order valence-corrected chi connectivity index (χ1v) is 12.9. The minimum Gasteiger partial charge on any atom is -0.506 e. The van der Waals surface area contributed by atoms with E-state index >= 15 is 0 Å². The molecule has 34 heavy (non-hydrogen) atoms. The second-order valence-electron chi connectivity index (χ2n) is 9.35. The van der Waals surface area contributed by atoms with E-state index in [4.69, 9.17) is 0 Å². The average molecular weight is 589 g/mol. The quantitative estimate of drug-likeness (QED) is 0.421. The van der Waals surface area contributed by atoms with E-state index in [0.717, 1.165) is 12.0 Å². The van der Waals surface area contributed by atoms with Gasteiger partial charge in [0.1, 0.15) is 5.75 Å². The summed E-state index contributed by atoms with van der Waals surface area (Å²) in [6, 6.07) is 9.83. The number of aromatic nitrogens is 1. The Morgan fingerprint density at radius 1 is 1.24 bits per heavy atom. The van der Waals surface area contributed by atoms with Gasteiger partial charge in [-0.25, -0.2) is 0 Å². The van der Waals surface area contributed by atoms with Crippen molar-refractivity contribution >= 4 is 54.2 Å². The summed E-state index contributed by atoms with van der Waals surface area (Å²) in [6.07, 6.45) is 5.75. The summed E-state index contributed by atoms with van der Waals surface area (Å²) in [5, 5.41) is 24.2. The number of aliphatic hydroxyl groups excluding tert-OH is 1. The molecule has 0 saturated heterocycles. The number of hydrogen-bond donors (Lipinski definition) is 3. The molecule has 1 unspecified atom stereocenters. The first-order valence-electron chi connectivity index (χ1n) is 11.3. The molecule has 0 radical (unpaired) electrons. The van der Waals surface area contributed by atoms with E-state index in [0.29, 0.717) is 21.9 Å². The molecule has 1 aromatic heterocycles. The predicted molar refractivity (Wildman–Crippen MR) is 141 cm³/mol. The van der Waals surface area contributed by atoms with Gasteiger partial charge in [-0.05, 0) is 92.2 Å². The smallest absolute Gasteiger partial charge is 0.228 e. The van der Waals surface area contributed by atoms with Crippen molar-refractivity contribution in [2.75, 3.05) is 20.2 Å². The summed E-state index contributed by atoms with van der Waals surface area (Å²) >= 11 is 6.68. The lowest BCUT2D eigenvalue weighted by Crippen LogP contribution is -2.49.